The second-order valence-corrected chi connectivity index (χ2v) is 5.03. The lowest BCUT2D eigenvalue weighted by Crippen LogP contribution is -2.09. The van der Waals surface area contributed by atoms with Gasteiger partial charge in [-0.25, -0.2) is 4.39 Å². The molecule has 0 amide bonds. The van der Waals surface area contributed by atoms with E-state index in [9.17, 15) is 4.39 Å². The number of nitrogens with two attached hydrogens (primary N) is 1. The van der Waals surface area contributed by atoms with Crippen LogP contribution in [0.5, 0.6) is 0 Å². The predicted octanol–water partition coefficient (Wildman–Crippen LogP) is 2.86. The molecule has 0 atom stereocenters. The summed E-state index contributed by atoms with van der Waals surface area (Å²) in [5.41, 5.74) is 8.30. The van der Waals surface area contributed by atoms with Gasteiger partial charge in [-0.15, -0.1) is 0 Å². The van der Waals surface area contributed by atoms with Gasteiger partial charge in [0.15, 0.2) is 0 Å². The van der Waals surface area contributed by atoms with E-state index in [1.54, 1.807) is 6.20 Å². The van der Waals surface area contributed by atoms with Crippen LogP contribution in [0.1, 0.15) is 11.1 Å². The summed E-state index contributed by atoms with van der Waals surface area (Å²) < 4.78 is 15.2. The van der Waals surface area contributed by atoms with Crippen molar-refractivity contribution in [3.8, 4) is 0 Å². The minimum atomic E-state index is -0.331. The van der Waals surface area contributed by atoms with E-state index in [4.69, 9.17) is 18.0 Å². The Labute approximate surface area is 120 Å². The molecule has 0 aliphatic carbocycles. The lowest BCUT2D eigenvalue weighted by molar-refractivity contribution is 0.617. The summed E-state index contributed by atoms with van der Waals surface area (Å²) in [7, 11) is 0. The van der Waals surface area contributed by atoms with E-state index in [1.807, 2.05) is 35.0 Å². The van der Waals surface area contributed by atoms with E-state index in [1.165, 1.54) is 12.3 Å². The van der Waals surface area contributed by atoms with Crippen molar-refractivity contribution in [3.05, 3.63) is 65.9 Å². The van der Waals surface area contributed by atoms with Crippen LogP contribution in [-0.4, -0.2) is 14.5 Å². The van der Waals surface area contributed by atoms with Crippen molar-refractivity contribution in [1.29, 1.82) is 0 Å². The minimum absolute atomic E-state index is 0.331. The van der Waals surface area contributed by atoms with Crippen LogP contribution in [0.25, 0.3) is 10.9 Å². The van der Waals surface area contributed by atoms with E-state index < -0.39 is 0 Å². The van der Waals surface area contributed by atoms with Crippen LogP contribution in [0.4, 0.5) is 4.39 Å². The molecule has 100 valence electrons. The number of hydrogen-bond acceptors (Lipinski definition) is 2. The molecule has 0 unspecified atom stereocenters. The quantitative estimate of drug-likeness (QED) is 0.753. The first-order chi connectivity index (χ1) is 9.63. The molecule has 0 fully saturated rings. The molecule has 3 rings (SSSR count). The van der Waals surface area contributed by atoms with Gasteiger partial charge >= 0.3 is 0 Å². The Morgan fingerprint density at radius 1 is 1.25 bits per heavy atom. The number of aromatic nitrogens is 2. The molecule has 20 heavy (non-hydrogen) atoms. The molecular formula is C15H12FN3S. The van der Waals surface area contributed by atoms with Crippen molar-refractivity contribution in [1.82, 2.24) is 9.55 Å². The van der Waals surface area contributed by atoms with Crippen molar-refractivity contribution < 1.29 is 4.39 Å². The van der Waals surface area contributed by atoms with Crippen molar-refractivity contribution in [2.45, 2.75) is 6.54 Å². The van der Waals surface area contributed by atoms with Gasteiger partial charge in [-0.1, -0.05) is 24.4 Å². The number of thiocarbonyl (C=S) groups is 1. The van der Waals surface area contributed by atoms with Gasteiger partial charge in [0, 0.05) is 30.0 Å². The van der Waals surface area contributed by atoms with Crippen molar-refractivity contribution in [2.24, 2.45) is 5.73 Å². The smallest absolute Gasteiger partial charge is 0.141 e. The third-order valence-corrected chi connectivity index (χ3v) is 3.41. The van der Waals surface area contributed by atoms with Gasteiger partial charge in [-0.3, -0.25) is 4.98 Å². The fourth-order valence-corrected chi connectivity index (χ4v) is 2.34. The molecule has 2 N–H and O–H groups in total. The van der Waals surface area contributed by atoms with E-state index in [0.29, 0.717) is 11.5 Å². The van der Waals surface area contributed by atoms with Crippen LogP contribution in [0.2, 0.25) is 0 Å². The molecule has 5 heteroatoms. The summed E-state index contributed by atoms with van der Waals surface area (Å²) in [5, 5.41) is 1.09. The summed E-state index contributed by atoms with van der Waals surface area (Å²) in [5.74, 6) is -0.331. The summed E-state index contributed by atoms with van der Waals surface area (Å²) >= 11 is 5.00. The molecule has 2 aromatic heterocycles. The van der Waals surface area contributed by atoms with Gasteiger partial charge < -0.3 is 10.3 Å². The molecule has 0 aliphatic rings. The number of nitrogens with zero attached hydrogens (tertiary/aromatic N) is 2. The number of rotatable bonds is 3. The Bertz CT molecular complexity index is 795. The molecule has 1 aromatic carbocycles. The zero-order valence-corrected chi connectivity index (χ0v) is 11.4. The Morgan fingerprint density at radius 3 is 2.85 bits per heavy atom. The van der Waals surface area contributed by atoms with Crippen LogP contribution in [0.3, 0.4) is 0 Å². The highest BCUT2D eigenvalue weighted by molar-refractivity contribution is 7.80. The van der Waals surface area contributed by atoms with Crippen molar-refractivity contribution in [2.75, 3.05) is 0 Å². The highest BCUT2D eigenvalue weighted by Gasteiger charge is 2.05. The molecule has 0 saturated heterocycles. The van der Waals surface area contributed by atoms with Gasteiger partial charge in [0.25, 0.3) is 0 Å². The predicted molar refractivity (Wildman–Crippen MR) is 81.1 cm³/mol. The van der Waals surface area contributed by atoms with Crippen LogP contribution in [-0.2, 0) is 6.54 Å². The number of hydrogen-bond donors (Lipinski definition) is 1. The van der Waals surface area contributed by atoms with Crippen LogP contribution in [0, 0.1) is 5.82 Å². The average molecular weight is 285 g/mol. The first-order valence-electron chi connectivity index (χ1n) is 6.11. The molecule has 3 aromatic rings. The van der Waals surface area contributed by atoms with Gasteiger partial charge in [0.2, 0.25) is 0 Å². The lowest BCUT2D eigenvalue weighted by atomic mass is 10.1. The minimum Gasteiger partial charge on any atom is -0.389 e. The standard InChI is InChI=1S/C15H12FN3S/c16-13-5-10(7-18-8-13)9-19-4-3-11-1-2-12(15(17)20)6-14(11)19/h1-8H,9H2,(H2,17,20). The fourth-order valence-electron chi connectivity index (χ4n) is 2.21. The van der Waals surface area contributed by atoms with Crippen LogP contribution >= 0.6 is 12.2 Å². The molecule has 0 bridgehead atoms. The molecule has 3 nitrogen and oxygen atoms in total. The Kier molecular flexibility index (Phi) is 3.20. The normalized spacial score (nSPS) is 10.8. The Balaban J connectivity index is 2.03. The second kappa shape index (κ2) is 5.02. The summed E-state index contributed by atoms with van der Waals surface area (Å²) in [6, 6.07) is 9.31. The number of fused-ring (bicyclic) bond motifs is 1. The van der Waals surface area contributed by atoms with Gasteiger partial charge in [0.05, 0.1) is 6.20 Å². The number of halogens is 1. The maximum atomic E-state index is 13.2. The van der Waals surface area contributed by atoms with Gasteiger partial charge in [-0.05, 0) is 29.1 Å². The van der Waals surface area contributed by atoms with Crippen LogP contribution in [0.15, 0.2) is 48.9 Å². The summed E-state index contributed by atoms with van der Waals surface area (Å²) in [6.45, 7) is 0.551. The lowest BCUT2D eigenvalue weighted by Gasteiger charge is -2.07. The Morgan fingerprint density at radius 2 is 2.10 bits per heavy atom. The molecule has 0 aliphatic heterocycles. The summed E-state index contributed by atoms with van der Waals surface area (Å²) in [4.78, 5) is 4.23. The van der Waals surface area contributed by atoms with E-state index in [2.05, 4.69) is 4.98 Å². The maximum absolute atomic E-state index is 13.2. The zero-order chi connectivity index (χ0) is 14.1. The molecule has 0 spiro atoms. The average Bonchev–Trinajstić information content (AvgIpc) is 2.81. The highest BCUT2D eigenvalue weighted by Crippen LogP contribution is 2.19. The largest absolute Gasteiger partial charge is 0.389 e. The van der Waals surface area contributed by atoms with Crippen molar-refractivity contribution in [3.63, 3.8) is 0 Å². The first-order valence-corrected chi connectivity index (χ1v) is 6.52. The molecular weight excluding hydrogens is 273 g/mol. The van der Waals surface area contributed by atoms with Gasteiger partial charge in [-0.2, -0.15) is 0 Å². The van der Waals surface area contributed by atoms with Crippen LogP contribution < -0.4 is 5.73 Å². The van der Waals surface area contributed by atoms with E-state index >= 15 is 0 Å². The zero-order valence-electron chi connectivity index (χ0n) is 10.6. The Hall–Kier alpha value is -2.27. The molecule has 0 saturated carbocycles. The van der Waals surface area contributed by atoms with E-state index in [0.717, 1.165) is 22.0 Å². The topological polar surface area (TPSA) is 43.8 Å². The fraction of sp³-hybridized carbons (Fsp3) is 0.0667. The summed E-state index contributed by atoms with van der Waals surface area (Å²) in [6.07, 6.45) is 4.81. The molecule has 0 radical (unpaired) electrons. The SMILES string of the molecule is NC(=S)c1ccc2ccn(Cc3cncc(F)c3)c2c1. The number of benzene rings is 1. The van der Waals surface area contributed by atoms with E-state index in [-0.39, 0.29) is 5.82 Å². The second-order valence-electron chi connectivity index (χ2n) is 4.59. The maximum Gasteiger partial charge on any atom is 0.141 e. The van der Waals surface area contributed by atoms with Crippen molar-refractivity contribution >= 4 is 28.1 Å². The first kappa shape index (κ1) is 12.7. The third-order valence-electron chi connectivity index (χ3n) is 3.17. The third kappa shape index (κ3) is 2.40. The number of pyridine rings is 1. The van der Waals surface area contributed by atoms with Gasteiger partial charge in [0.1, 0.15) is 10.8 Å². The monoisotopic (exact) mass is 285 g/mol. The highest BCUT2D eigenvalue weighted by atomic mass is 32.1. The molecule has 2 heterocycles.